The van der Waals surface area contributed by atoms with Crippen LogP contribution in [0.3, 0.4) is 0 Å². The maximum Gasteiger partial charge on any atom is -0.00584 e. The van der Waals surface area contributed by atoms with Crippen molar-refractivity contribution in [1.29, 1.82) is 0 Å². The molecule has 1 heterocycles. The number of hydrogen-bond donors (Lipinski definition) is 0. The van der Waals surface area contributed by atoms with Crippen molar-refractivity contribution in [3.63, 3.8) is 0 Å². The zero-order chi connectivity index (χ0) is 12.3. The maximum absolute atomic E-state index is 2.36. The predicted molar refractivity (Wildman–Crippen MR) is 80.0 cm³/mol. The van der Waals surface area contributed by atoms with Crippen LogP contribution in [-0.4, -0.2) is 0 Å². The Morgan fingerprint density at radius 1 is 0.706 bits per heavy atom. The number of hydrogen-bond acceptors (Lipinski definition) is 1. The molecule has 1 aromatic rings. The average Bonchev–Trinajstić information content (AvgIpc) is 2.76. The lowest BCUT2D eigenvalue weighted by atomic mass is 10.0. The normalized spacial score (nSPS) is 10.9. The summed E-state index contributed by atoms with van der Waals surface area (Å²) >= 11 is 1.88. The number of thiophene rings is 1. The minimum atomic E-state index is 1.27. The largest absolute Gasteiger partial charge is 0.152 e. The van der Waals surface area contributed by atoms with Crippen molar-refractivity contribution in [3.05, 3.63) is 21.9 Å². The average molecular weight is 252 g/mol. The number of unbranched alkanes of at least 4 members (excludes halogenated alkanes) is 6. The van der Waals surface area contributed by atoms with Gasteiger partial charge in [0.2, 0.25) is 0 Å². The summed E-state index contributed by atoms with van der Waals surface area (Å²) in [7, 11) is 0. The highest BCUT2D eigenvalue weighted by molar-refractivity contribution is 7.08. The Labute approximate surface area is 111 Å². The van der Waals surface area contributed by atoms with Crippen molar-refractivity contribution in [1.82, 2.24) is 0 Å². The Bertz CT molecular complexity index is 275. The Balaban J connectivity index is 2.07. The Hall–Kier alpha value is -0.300. The summed E-state index contributed by atoms with van der Waals surface area (Å²) in [5.41, 5.74) is 3.24. The van der Waals surface area contributed by atoms with Crippen LogP contribution < -0.4 is 0 Å². The SMILES string of the molecule is CCCCCCCCCc1cscc1CCC. The van der Waals surface area contributed by atoms with Crippen molar-refractivity contribution in [2.24, 2.45) is 0 Å². The van der Waals surface area contributed by atoms with Gasteiger partial charge in [-0.2, -0.15) is 11.3 Å². The van der Waals surface area contributed by atoms with E-state index < -0.39 is 0 Å². The molecular weight excluding hydrogens is 224 g/mol. The fourth-order valence-corrected chi connectivity index (χ4v) is 3.27. The summed E-state index contributed by atoms with van der Waals surface area (Å²) in [4.78, 5) is 0. The van der Waals surface area contributed by atoms with Crippen LogP contribution in [0.4, 0.5) is 0 Å². The van der Waals surface area contributed by atoms with Gasteiger partial charge in [-0.15, -0.1) is 0 Å². The molecule has 17 heavy (non-hydrogen) atoms. The Kier molecular flexibility index (Phi) is 8.42. The highest BCUT2D eigenvalue weighted by Crippen LogP contribution is 2.19. The standard InChI is InChI=1S/C16H28S/c1-3-5-6-7-8-9-10-12-16-14-17-13-15(16)11-4-2/h13-14H,3-12H2,1-2H3. The first-order valence-electron chi connectivity index (χ1n) is 7.42. The van der Waals surface area contributed by atoms with Gasteiger partial charge in [-0.1, -0.05) is 58.8 Å². The van der Waals surface area contributed by atoms with Gasteiger partial charge >= 0.3 is 0 Å². The van der Waals surface area contributed by atoms with Gasteiger partial charge in [0.1, 0.15) is 0 Å². The quantitative estimate of drug-likeness (QED) is 0.448. The molecule has 98 valence electrons. The van der Waals surface area contributed by atoms with Crippen molar-refractivity contribution >= 4 is 11.3 Å². The molecule has 0 bridgehead atoms. The van der Waals surface area contributed by atoms with Gasteiger partial charge in [-0.05, 0) is 41.1 Å². The summed E-state index contributed by atoms with van der Waals surface area (Å²) in [6.45, 7) is 4.56. The van der Waals surface area contributed by atoms with Crippen molar-refractivity contribution in [2.45, 2.75) is 78.1 Å². The third-order valence-electron chi connectivity index (χ3n) is 3.40. The minimum Gasteiger partial charge on any atom is -0.152 e. The van der Waals surface area contributed by atoms with Crippen molar-refractivity contribution in [2.75, 3.05) is 0 Å². The van der Waals surface area contributed by atoms with E-state index in [0.29, 0.717) is 0 Å². The van der Waals surface area contributed by atoms with Crippen LogP contribution in [-0.2, 0) is 12.8 Å². The Morgan fingerprint density at radius 3 is 1.94 bits per heavy atom. The summed E-state index contributed by atoms with van der Waals surface area (Å²) in [5, 5.41) is 4.71. The topological polar surface area (TPSA) is 0 Å². The van der Waals surface area contributed by atoms with Crippen LogP contribution >= 0.6 is 11.3 Å². The third-order valence-corrected chi connectivity index (χ3v) is 4.24. The number of aryl methyl sites for hydroxylation is 2. The second-order valence-electron chi connectivity index (χ2n) is 5.04. The highest BCUT2D eigenvalue weighted by Gasteiger charge is 2.02. The van der Waals surface area contributed by atoms with E-state index in [2.05, 4.69) is 24.6 Å². The molecule has 0 nitrogen and oxygen atoms in total. The molecule has 1 rings (SSSR count). The van der Waals surface area contributed by atoms with Gasteiger partial charge in [0.25, 0.3) is 0 Å². The Morgan fingerprint density at radius 2 is 1.29 bits per heavy atom. The zero-order valence-corrected chi connectivity index (χ0v) is 12.5. The molecule has 0 saturated carbocycles. The van der Waals surface area contributed by atoms with E-state index in [1.807, 2.05) is 11.3 Å². The molecule has 0 spiro atoms. The smallest absolute Gasteiger partial charge is 0.00584 e. The van der Waals surface area contributed by atoms with Crippen LogP contribution in [0.2, 0.25) is 0 Å². The summed E-state index contributed by atoms with van der Waals surface area (Å²) in [6.07, 6.45) is 13.8. The first kappa shape index (κ1) is 14.8. The number of rotatable bonds is 10. The molecule has 1 aromatic heterocycles. The second kappa shape index (κ2) is 9.70. The van der Waals surface area contributed by atoms with Crippen molar-refractivity contribution < 1.29 is 0 Å². The summed E-state index contributed by atoms with van der Waals surface area (Å²) < 4.78 is 0. The van der Waals surface area contributed by atoms with E-state index in [-0.39, 0.29) is 0 Å². The summed E-state index contributed by atoms with van der Waals surface area (Å²) in [6, 6.07) is 0. The van der Waals surface area contributed by atoms with E-state index in [1.165, 1.54) is 64.2 Å². The highest BCUT2D eigenvalue weighted by atomic mass is 32.1. The van der Waals surface area contributed by atoms with E-state index in [0.717, 1.165) is 0 Å². The predicted octanol–water partition coefficient (Wildman–Crippen LogP) is 5.99. The van der Waals surface area contributed by atoms with Gasteiger partial charge in [0.05, 0.1) is 0 Å². The first-order valence-corrected chi connectivity index (χ1v) is 8.36. The van der Waals surface area contributed by atoms with Gasteiger partial charge in [0.15, 0.2) is 0 Å². The lowest BCUT2D eigenvalue weighted by molar-refractivity contribution is 0.589. The first-order chi connectivity index (χ1) is 8.38. The monoisotopic (exact) mass is 252 g/mol. The van der Waals surface area contributed by atoms with E-state index in [1.54, 1.807) is 11.1 Å². The zero-order valence-electron chi connectivity index (χ0n) is 11.6. The third kappa shape index (κ3) is 6.26. The van der Waals surface area contributed by atoms with Gasteiger partial charge in [-0.3, -0.25) is 0 Å². The van der Waals surface area contributed by atoms with Gasteiger partial charge in [-0.25, -0.2) is 0 Å². The van der Waals surface area contributed by atoms with E-state index >= 15 is 0 Å². The van der Waals surface area contributed by atoms with Gasteiger partial charge < -0.3 is 0 Å². The molecule has 0 aliphatic heterocycles. The fraction of sp³-hybridized carbons (Fsp3) is 0.750. The lowest BCUT2D eigenvalue weighted by Gasteiger charge is -2.03. The molecule has 0 aromatic carbocycles. The molecule has 0 N–H and O–H groups in total. The lowest BCUT2D eigenvalue weighted by Crippen LogP contribution is -1.90. The maximum atomic E-state index is 2.36. The van der Waals surface area contributed by atoms with Crippen LogP contribution in [0.1, 0.15) is 76.3 Å². The summed E-state index contributed by atoms with van der Waals surface area (Å²) in [5.74, 6) is 0. The molecule has 0 aliphatic rings. The van der Waals surface area contributed by atoms with Crippen LogP contribution in [0.5, 0.6) is 0 Å². The minimum absolute atomic E-state index is 1.27. The van der Waals surface area contributed by atoms with Crippen LogP contribution in [0.25, 0.3) is 0 Å². The van der Waals surface area contributed by atoms with Gasteiger partial charge in [0, 0.05) is 0 Å². The molecule has 0 amide bonds. The molecule has 0 atom stereocenters. The molecule has 0 radical (unpaired) electrons. The molecule has 0 fully saturated rings. The molecular formula is C16H28S. The van der Waals surface area contributed by atoms with Crippen LogP contribution in [0, 0.1) is 0 Å². The molecule has 0 aliphatic carbocycles. The van der Waals surface area contributed by atoms with E-state index in [4.69, 9.17) is 0 Å². The van der Waals surface area contributed by atoms with E-state index in [9.17, 15) is 0 Å². The second-order valence-corrected chi connectivity index (χ2v) is 5.79. The molecule has 0 unspecified atom stereocenters. The van der Waals surface area contributed by atoms with Crippen LogP contribution in [0.15, 0.2) is 10.8 Å². The molecule has 1 heteroatoms. The molecule has 0 saturated heterocycles. The van der Waals surface area contributed by atoms with Crippen molar-refractivity contribution in [3.8, 4) is 0 Å². The fourth-order valence-electron chi connectivity index (χ4n) is 2.33.